The zero-order chi connectivity index (χ0) is 19.4. The maximum atomic E-state index is 12.6. The van der Waals surface area contributed by atoms with Gasteiger partial charge in [-0.25, -0.2) is 9.78 Å². The van der Waals surface area contributed by atoms with Gasteiger partial charge in [0.2, 0.25) is 0 Å². The van der Waals surface area contributed by atoms with Crippen LogP contribution in [0.15, 0.2) is 40.8 Å². The summed E-state index contributed by atoms with van der Waals surface area (Å²) in [6, 6.07) is 3.67. The second-order valence-corrected chi connectivity index (χ2v) is 6.29. The van der Waals surface area contributed by atoms with E-state index >= 15 is 0 Å². The van der Waals surface area contributed by atoms with E-state index in [0.29, 0.717) is 16.9 Å². The molecule has 3 aromatic heterocycles. The molecule has 0 saturated heterocycles. The van der Waals surface area contributed by atoms with Crippen molar-refractivity contribution in [2.24, 2.45) is 14.1 Å². The van der Waals surface area contributed by atoms with Crippen molar-refractivity contribution in [2.45, 2.75) is 33.7 Å². The molecule has 0 atom stereocenters. The Morgan fingerprint density at radius 3 is 2.35 bits per heavy atom. The zero-order valence-electron chi connectivity index (χ0n) is 16.0. The highest BCUT2D eigenvalue weighted by Gasteiger charge is 2.15. The van der Waals surface area contributed by atoms with Crippen LogP contribution >= 0.6 is 0 Å². The third-order valence-corrected chi connectivity index (χ3v) is 3.84. The number of rotatable bonds is 3. The zero-order valence-corrected chi connectivity index (χ0v) is 16.0. The molecule has 0 aliphatic rings. The predicted molar refractivity (Wildman–Crippen MR) is 104 cm³/mol. The molecule has 3 heterocycles. The lowest BCUT2D eigenvalue weighted by Gasteiger charge is -2.09. The normalized spacial score (nSPS) is 10.5. The molecule has 3 aromatic rings. The lowest BCUT2D eigenvalue weighted by Crippen LogP contribution is -2.40. The molecule has 7 heteroatoms. The lowest BCUT2D eigenvalue weighted by atomic mass is 10.1. The minimum absolute atomic E-state index is 0.114. The molecular weight excluding hydrogens is 330 g/mol. The minimum Gasteiger partial charge on any atom is -0.328 e. The van der Waals surface area contributed by atoms with E-state index in [9.17, 15) is 9.59 Å². The fourth-order valence-corrected chi connectivity index (χ4v) is 2.47. The van der Waals surface area contributed by atoms with E-state index in [2.05, 4.69) is 30.4 Å². The predicted octanol–water partition coefficient (Wildman–Crippen LogP) is 2.33. The summed E-state index contributed by atoms with van der Waals surface area (Å²) < 4.78 is 4.16. The third kappa shape index (κ3) is 3.66. The first kappa shape index (κ1) is 19.4. The van der Waals surface area contributed by atoms with Gasteiger partial charge in [-0.1, -0.05) is 32.9 Å². The van der Waals surface area contributed by atoms with Crippen molar-refractivity contribution < 1.29 is 0 Å². The highest BCUT2D eigenvalue weighted by Crippen LogP contribution is 2.10. The Balaban J connectivity index is 0.000000758. The molecule has 0 amide bonds. The Morgan fingerprint density at radius 1 is 1.15 bits per heavy atom. The molecular formula is C19H25N5O2. The number of hydrogen-bond acceptors (Lipinski definition) is 4. The van der Waals surface area contributed by atoms with Gasteiger partial charge in [-0.05, 0) is 24.1 Å². The van der Waals surface area contributed by atoms with Gasteiger partial charge < -0.3 is 4.57 Å². The molecule has 138 valence electrons. The van der Waals surface area contributed by atoms with Gasteiger partial charge in [-0.15, -0.1) is 0 Å². The van der Waals surface area contributed by atoms with Crippen LogP contribution in [0.25, 0.3) is 16.7 Å². The van der Waals surface area contributed by atoms with Crippen molar-refractivity contribution in [3.05, 3.63) is 63.3 Å². The summed E-state index contributed by atoms with van der Waals surface area (Å²) in [6.07, 6.45) is 4.46. The fourth-order valence-electron chi connectivity index (χ4n) is 2.47. The van der Waals surface area contributed by atoms with E-state index in [1.54, 1.807) is 30.9 Å². The number of hydrogen-bond donors (Lipinski definition) is 0. The third-order valence-electron chi connectivity index (χ3n) is 3.84. The molecule has 0 unspecified atom stereocenters. The first-order valence-electron chi connectivity index (χ1n) is 8.53. The minimum atomic E-state index is -0.410. The average molecular weight is 355 g/mol. The second kappa shape index (κ2) is 7.95. The van der Waals surface area contributed by atoms with E-state index in [1.165, 1.54) is 21.9 Å². The van der Waals surface area contributed by atoms with Crippen molar-refractivity contribution >= 4 is 16.7 Å². The smallest absolute Gasteiger partial charge is 0.328 e. The summed E-state index contributed by atoms with van der Waals surface area (Å²) in [5.74, 6) is 0. The first-order chi connectivity index (χ1) is 12.3. The molecule has 0 aliphatic carbocycles. The van der Waals surface area contributed by atoms with Crippen LogP contribution in [-0.2, 0) is 20.6 Å². The highest BCUT2D eigenvalue weighted by molar-refractivity contribution is 5.69. The van der Waals surface area contributed by atoms with Crippen molar-refractivity contribution in [3.63, 3.8) is 0 Å². The quantitative estimate of drug-likeness (QED) is 0.723. The SMILES string of the molecule is C=C(C)c1ccc(Cn2c(=O)c3c(ncn3C)n(C)c2=O)nc1.CCC. The van der Waals surface area contributed by atoms with Gasteiger partial charge in [0.15, 0.2) is 11.2 Å². The van der Waals surface area contributed by atoms with Crippen LogP contribution < -0.4 is 11.2 Å². The lowest BCUT2D eigenvalue weighted by molar-refractivity contribution is 0.645. The Hall–Kier alpha value is -2.96. The summed E-state index contributed by atoms with van der Waals surface area (Å²) in [4.78, 5) is 33.4. The van der Waals surface area contributed by atoms with Crippen LogP contribution in [0.2, 0.25) is 0 Å². The molecule has 0 saturated carbocycles. The molecule has 0 fully saturated rings. The maximum Gasteiger partial charge on any atom is 0.332 e. The van der Waals surface area contributed by atoms with E-state index < -0.39 is 5.69 Å². The van der Waals surface area contributed by atoms with Gasteiger partial charge >= 0.3 is 5.69 Å². The largest absolute Gasteiger partial charge is 0.332 e. The van der Waals surface area contributed by atoms with Gasteiger partial charge in [0.05, 0.1) is 18.6 Å². The van der Waals surface area contributed by atoms with Crippen molar-refractivity contribution in [1.29, 1.82) is 0 Å². The topological polar surface area (TPSA) is 74.7 Å². The number of allylic oxidation sites excluding steroid dienone is 1. The number of fused-ring (bicyclic) bond motifs is 1. The van der Waals surface area contributed by atoms with E-state index in [-0.39, 0.29) is 12.1 Å². The molecule has 0 N–H and O–H groups in total. The molecule has 7 nitrogen and oxygen atoms in total. The fraction of sp³-hybridized carbons (Fsp3) is 0.368. The standard InChI is InChI=1S/C16H17N5O2.C3H8/c1-10(2)11-5-6-12(17-7-11)8-21-15(22)13-14(18-9-19(13)3)20(4)16(21)23;1-3-2/h5-7,9H,1,8H2,2-4H3;3H2,1-2H3. The molecule has 0 spiro atoms. The molecule has 0 aliphatic heterocycles. The van der Waals surface area contributed by atoms with Crippen molar-refractivity contribution in [1.82, 2.24) is 23.7 Å². The second-order valence-electron chi connectivity index (χ2n) is 6.29. The van der Waals surface area contributed by atoms with Crippen LogP contribution in [0.4, 0.5) is 0 Å². The number of aryl methyl sites for hydroxylation is 2. The van der Waals surface area contributed by atoms with E-state index in [0.717, 1.165) is 11.1 Å². The summed E-state index contributed by atoms with van der Waals surface area (Å²) in [5.41, 5.74) is 2.47. The van der Waals surface area contributed by atoms with Crippen LogP contribution in [0.3, 0.4) is 0 Å². The highest BCUT2D eigenvalue weighted by atomic mass is 16.2. The van der Waals surface area contributed by atoms with Gasteiger partial charge in [0.25, 0.3) is 5.56 Å². The van der Waals surface area contributed by atoms with E-state index in [4.69, 9.17) is 0 Å². The van der Waals surface area contributed by atoms with Gasteiger partial charge in [-0.2, -0.15) is 0 Å². The van der Waals surface area contributed by atoms with Crippen LogP contribution in [0, 0.1) is 0 Å². The summed E-state index contributed by atoms with van der Waals surface area (Å²) in [7, 11) is 3.33. The Bertz CT molecular complexity index is 1040. The van der Waals surface area contributed by atoms with Gasteiger partial charge in [0.1, 0.15) is 0 Å². The summed E-state index contributed by atoms with van der Waals surface area (Å²) >= 11 is 0. The summed E-state index contributed by atoms with van der Waals surface area (Å²) in [6.45, 7) is 10.1. The summed E-state index contributed by atoms with van der Waals surface area (Å²) in [5, 5.41) is 0. The average Bonchev–Trinajstić information content (AvgIpc) is 3.00. The molecule has 3 rings (SSSR count). The first-order valence-corrected chi connectivity index (χ1v) is 8.53. The van der Waals surface area contributed by atoms with Crippen LogP contribution in [0.1, 0.15) is 38.4 Å². The molecule has 26 heavy (non-hydrogen) atoms. The number of nitrogens with zero attached hydrogens (tertiary/aromatic N) is 5. The number of aromatic nitrogens is 5. The van der Waals surface area contributed by atoms with Crippen LogP contribution in [0.5, 0.6) is 0 Å². The molecule has 0 radical (unpaired) electrons. The van der Waals surface area contributed by atoms with Crippen LogP contribution in [-0.4, -0.2) is 23.7 Å². The van der Waals surface area contributed by atoms with Crippen molar-refractivity contribution in [2.75, 3.05) is 0 Å². The van der Waals surface area contributed by atoms with E-state index in [1.807, 2.05) is 13.0 Å². The Morgan fingerprint density at radius 2 is 1.81 bits per heavy atom. The Kier molecular flexibility index (Phi) is 5.92. The number of imidazole rings is 1. The molecule has 0 aromatic carbocycles. The monoisotopic (exact) mass is 355 g/mol. The number of pyridine rings is 1. The van der Waals surface area contributed by atoms with Gasteiger partial charge in [0, 0.05) is 20.3 Å². The molecule has 0 bridgehead atoms. The Labute approximate surface area is 152 Å². The van der Waals surface area contributed by atoms with Gasteiger partial charge in [-0.3, -0.25) is 18.9 Å². The van der Waals surface area contributed by atoms with Crippen molar-refractivity contribution in [3.8, 4) is 0 Å². The maximum absolute atomic E-state index is 12.6.